The molecule has 0 unspecified atom stereocenters. The second-order valence-corrected chi connectivity index (χ2v) is 6.51. The number of nitrogens with two attached hydrogens (primary N) is 1. The highest BCUT2D eigenvalue weighted by Gasteiger charge is 2.24. The van der Waals surface area contributed by atoms with Crippen molar-refractivity contribution >= 4 is 35.2 Å². The molecule has 150 valence electrons. The van der Waals surface area contributed by atoms with E-state index in [9.17, 15) is 14.4 Å². The van der Waals surface area contributed by atoms with Crippen molar-refractivity contribution in [1.82, 2.24) is 5.32 Å². The minimum absolute atomic E-state index is 0.270. The number of rotatable bonds is 7. The van der Waals surface area contributed by atoms with Crippen LogP contribution in [-0.4, -0.2) is 24.0 Å². The van der Waals surface area contributed by atoms with Crippen LogP contribution in [0.25, 0.3) is 0 Å². The summed E-state index contributed by atoms with van der Waals surface area (Å²) in [5.41, 5.74) is 6.46. The highest BCUT2D eigenvalue weighted by Crippen LogP contribution is 2.25. The zero-order chi connectivity index (χ0) is 21.4. The molecule has 0 aliphatic heterocycles. The van der Waals surface area contributed by atoms with Gasteiger partial charge in [0.15, 0.2) is 6.10 Å². The number of benzene rings is 2. The number of nitrogens with zero attached hydrogens (tertiary/aromatic N) is 1. The predicted octanol–water partition coefficient (Wildman–Crippen LogP) is 2.88. The first-order valence-electron chi connectivity index (χ1n) is 8.61. The Morgan fingerprint density at radius 3 is 2.59 bits per heavy atom. The molecular weight excluding hydrogens is 396 g/mol. The number of primary amides is 1. The van der Waals surface area contributed by atoms with Gasteiger partial charge >= 0.3 is 12.0 Å². The molecule has 2 atom stereocenters. The number of amides is 3. The van der Waals surface area contributed by atoms with Crippen molar-refractivity contribution in [2.24, 2.45) is 5.73 Å². The zero-order valence-corrected chi connectivity index (χ0v) is 16.3. The number of halogens is 1. The van der Waals surface area contributed by atoms with E-state index in [4.69, 9.17) is 27.3 Å². The maximum Gasteiger partial charge on any atom is 0.312 e. The summed E-state index contributed by atoms with van der Waals surface area (Å²) in [6, 6.07) is 13.3. The van der Waals surface area contributed by atoms with Crippen molar-refractivity contribution in [1.29, 1.82) is 5.26 Å². The molecule has 0 heterocycles. The van der Waals surface area contributed by atoms with Gasteiger partial charge in [-0.05, 0) is 36.8 Å². The predicted molar refractivity (Wildman–Crippen MR) is 107 cm³/mol. The molecule has 2 aromatic rings. The number of carbonyl (C=O) groups excluding carboxylic acids is 3. The van der Waals surface area contributed by atoms with Gasteiger partial charge in [0, 0.05) is 10.7 Å². The number of anilines is 1. The maximum atomic E-state index is 12.3. The Bertz CT molecular complexity index is 957. The number of urea groups is 1. The summed E-state index contributed by atoms with van der Waals surface area (Å²) >= 11 is 6.13. The van der Waals surface area contributed by atoms with Crippen molar-refractivity contribution < 1.29 is 19.1 Å². The third kappa shape index (κ3) is 6.52. The summed E-state index contributed by atoms with van der Waals surface area (Å²) in [5, 5.41) is 14.3. The number of ether oxygens (including phenoxy) is 1. The van der Waals surface area contributed by atoms with Gasteiger partial charge in [-0.25, -0.2) is 4.79 Å². The first-order valence-corrected chi connectivity index (χ1v) is 8.99. The van der Waals surface area contributed by atoms with E-state index in [0.717, 1.165) is 0 Å². The van der Waals surface area contributed by atoms with E-state index in [1.807, 2.05) is 6.07 Å². The molecule has 0 aliphatic rings. The van der Waals surface area contributed by atoms with Crippen molar-refractivity contribution in [3.63, 3.8) is 0 Å². The van der Waals surface area contributed by atoms with Crippen LogP contribution < -0.4 is 16.4 Å². The quantitative estimate of drug-likeness (QED) is 0.599. The van der Waals surface area contributed by atoms with Gasteiger partial charge in [0.2, 0.25) is 0 Å². The summed E-state index contributed by atoms with van der Waals surface area (Å²) < 4.78 is 5.16. The third-order valence-corrected chi connectivity index (χ3v) is 4.25. The summed E-state index contributed by atoms with van der Waals surface area (Å²) in [5.74, 6) is -1.29. The van der Waals surface area contributed by atoms with Gasteiger partial charge in [0.1, 0.15) is 0 Å². The molecule has 0 saturated carbocycles. The minimum atomic E-state index is -1.10. The molecule has 0 aliphatic carbocycles. The molecule has 29 heavy (non-hydrogen) atoms. The van der Waals surface area contributed by atoms with Crippen molar-refractivity contribution in [3.8, 4) is 6.07 Å². The van der Waals surface area contributed by atoms with Crippen LogP contribution in [-0.2, 0) is 14.3 Å². The van der Waals surface area contributed by atoms with Gasteiger partial charge in [-0.1, -0.05) is 35.9 Å². The first kappa shape index (κ1) is 21.7. The van der Waals surface area contributed by atoms with Gasteiger partial charge in [0.25, 0.3) is 5.91 Å². The molecule has 2 rings (SSSR count). The number of esters is 1. The average molecular weight is 415 g/mol. The van der Waals surface area contributed by atoms with E-state index in [1.54, 1.807) is 42.5 Å². The summed E-state index contributed by atoms with van der Waals surface area (Å²) in [4.78, 5) is 35.9. The molecule has 0 saturated heterocycles. The van der Waals surface area contributed by atoms with Crippen molar-refractivity contribution in [2.45, 2.75) is 25.5 Å². The topological polar surface area (TPSA) is 134 Å². The fourth-order valence-corrected chi connectivity index (χ4v) is 2.81. The smallest absolute Gasteiger partial charge is 0.312 e. The average Bonchev–Trinajstić information content (AvgIpc) is 2.67. The van der Waals surface area contributed by atoms with Crippen LogP contribution in [0.2, 0.25) is 5.02 Å². The second kappa shape index (κ2) is 10.1. The van der Waals surface area contributed by atoms with Crippen LogP contribution in [0, 0.1) is 11.3 Å². The van der Waals surface area contributed by atoms with Gasteiger partial charge < -0.3 is 21.1 Å². The Labute approximate surface area is 172 Å². The van der Waals surface area contributed by atoms with Gasteiger partial charge in [-0.3, -0.25) is 9.59 Å². The van der Waals surface area contributed by atoms with Gasteiger partial charge in [-0.15, -0.1) is 0 Å². The lowest BCUT2D eigenvalue weighted by molar-refractivity contribution is -0.153. The Kier molecular flexibility index (Phi) is 7.57. The Balaban J connectivity index is 2.01. The molecule has 0 spiro atoms. The lowest BCUT2D eigenvalue weighted by Gasteiger charge is -2.20. The summed E-state index contributed by atoms with van der Waals surface area (Å²) in [6.45, 7) is 1.41. The van der Waals surface area contributed by atoms with E-state index in [0.29, 0.717) is 21.8 Å². The van der Waals surface area contributed by atoms with E-state index < -0.39 is 30.1 Å². The molecule has 0 bridgehead atoms. The molecule has 0 aromatic heterocycles. The lowest BCUT2D eigenvalue weighted by Crippen LogP contribution is -2.36. The van der Waals surface area contributed by atoms with Crippen molar-refractivity contribution in [2.75, 3.05) is 5.32 Å². The van der Waals surface area contributed by atoms with Crippen LogP contribution in [0.5, 0.6) is 0 Å². The Hall–Kier alpha value is -3.57. The Morgan fingerprint density at radius 1 is 1.21 bits per heavy atom. The fourth-order valence-electron chi connectivity index (χ4n) is 2.54. The third-order valence-electron chi connectivity index (χ3n) is 3.90. The highest BCUT2D eigenvalue weighted by atomic mass is 35.5. The van der Waals surface area contributed by atoms with E-state index >= 15 is 0 Å². The minimum Gasteiger partial charge on any atom is -0.452 e. The van der Waals surface area contributed by atoms with Crippen LogP contribution >= 0.6 is 11.6 Å². The second-order valence-electron chi connectivity index (χ2n) is 6.10. The van der Waals surface area contributed by atoms with Crippen LogP contribution in [0.15, 0.2) is 48.5 Å². The van der Waals surface area contributed by atoms with E-state index in [-0.39, 0.29) is 6.42 Å². The fraction of sp³-hybridized carbons (Fsp3) is 0.200. The molecule has 2 aromatic carbocycles. The largest absolute Gasteiger partial charge is 0.452 e. The van der Waals surface area contributed by atoms with Gasteiger partial charge in [-0.2, -0.15) is 5.26 Å². The van der Waals surface area contributed by atoms with Crippen molar-refractivity contribution in [3.05, 3.63) is 64.7 Å². The molecule has 3 amide bonds. The number of carbonyl (C=O) groups is 3. The number of hydrogen-bond donors (Lipinski definition) is 3. The zero-order valence-electron chi connectivity index (χ0n) is 15.5. The Morgan fingerprint density at radius 2 is 1.93 bits per heavy atom. The first-order chi connectivity index (χ1) is 13.8. The van der Waals surface area contributed by atoms with E-state index in [1.165, 1.54) is 13.0 Å². The maximum absolute atomic E-state index is 12.3. The number of nitrogens with one attached hydrogen (secondary N) is 2. The lowest BCUT2D eigenvalue weighted by atomic mass is 10.0. The van der Waals surface area contributed by atoms with Crippen LogP contribution in [0.4, 0.5) is 10.5 Å². The SMILES string of the molecule is C[C@@H](OC(=O)C[C@@H](NC(N)=O)c1ccccc1Cl)C(=O)Nc1cccc(C#N)c1. The molecule has 0 radical (unpaired) electrons. The molecule has 8 nitrogen and oxygen atoms in total. The molecular formula is C20H19ClN4O4. The summed E-state index contributed by atoms with van der Waals surface area (Å²) in [6.07, 6.45) is -1.37. The van der Waals surface area contributed by atoms with Gasteiger partial charge in [0.05, 0.1) is 24.1 Å². The number of hydrogen-bond acceptors (Lipinski definition) is 5. The van der Waals surface area contributed by atoms with E-state index in [2.05, 4.69) is 10.6 Å². The molecule has 4 N–H and O–H groups in total. The highest BCUT2D eigenvalue weighted by molar-refractivity contribution is 6.31. The molecule has 9 heteroatoms. The number of nitriles is 1. The summed E-state index contributed by atoms with van der Waals surface area (Å²) in [7, 11) is 0. The monoisotopic (exact) mass is 414 g/mol. The van der Waals surface area contributed by atoms with Crippen LogP contribution in [0.1, 0.15) is 30.5 Å². The standard InChI is InChI=1S/C20H19ClN4O4/c1-12(19(27)24-14-6-4-5-13(9-14)11-22)29-18(26)10-17(25-20(23)28)15-7-2-3-8-16(15)21/h2-9,12,17H,10H2,1H3,(H,24,27)(H3,23,25,28)/t12-,17-/m1/s1. The normalized spacial score (nSPS) is 12.2. The van der Waals surface area contributed by atoms with Crippen LogP contribution in [0.3, 0.4) is 0 Å². The molecule has 0 fully saturated rings.